The van der Waals surface area contributed by atoms with Crippen molar-refractivity contribution in [2.45, 2.75) is 56.7 Å². The Morgan fingerprint density at radius 2 is 1.81 bits per heavy atom. The molecule has 4 fully saturated rings. The Balaban J connectivity index is 0.000000144. The molecule has 32 heavy (non-hydrogen) atoms. The summed E-state index contributed by atoms with van der Waals surface area (Å²) < 4.78 is 43.7. The number of nitrogens with two attached hydrogens (primary N) is 1. The molecule has 6 nitrogen and oxygen atoms in total. The summed E-state index contributed by atoms with van der Waals surface area (Å²) in [5.41, 5.74) is 5.20. The number of ether oxygens (including phenoxy) is 1. The fourth-order valence-electron chi connectivity index (χ4n) is 5.01. The predicted octanol–water partition coefficient (Wildman–Crippen LogP) is 4.46. The molecule has 0 aromatic carbocycles. The summed E-state index contributed by atoms with van der Waals surface area (Å²) >= 11 is 0. The summed E-state index contributed by atoms with van der Waals surface area (Å²) in [5.74, 6) is 2.96. The Labute approximate surface area is 185 Å². The number of halogens is 3. The first-order chi connectivity index (χ1) is 15.4. The van der Waals surface area contributed by atoms with E-state index in [4.69, 9.17) is 10.5 Å². The Kier molecular flexibility index (Phi) is 5.88. The lowest BCUT2D eigenvalue weighted by molar-refractivity contribution is -0.137. The number of nitrogens with one attached hydrogen (secondary N) is 1. The van der Waals surface area contributed by atoms with E-state index in [-0.39, 0.29) is 0 Å². The summed E-state index contributed by atoms with van der Waals surface area (Å²) in [6.45, 7) is 4.41. The highest BCUT2D eigenvalue weighted by atomic mass is 19.4. The summed E-state index contributed by atoms with van der Waals surface area (Å²) in [7, 11) is 0. The van der Waals surface area contributed by atoms with Crippen LogP contribution < -0.4 is 5.73 Å². The molecule has 4 aliphatic rings. The second-order valence-corrected chi connectivity index (χ2v) is 9.49. The van der Waals surface area contributed by atoms with Gasteiger partial charge in [-0.2, -0.15) is 13.2 Å². The van der Waals surface area contributed by atoms with Gasteiger partial charge >= 0.3 is 6.18 Å². The number of aromatic nitrogens is 3. The number of rotatable bonds is 3. The fraction of sp³-hybridized carbons (Fsp3) is 0.652. The lowest BCUT2D eigenvalue weighted by Crippen LogP contribution is -2.36. The summed E-state index contributed by atoms with van der Waals surface area (Å²) in [6.07, 6.45) is 6.24. The number of nitrogens with zero attached hydrogens (tertiary/aromatic N) is 3. The number of anilines is 1. The average molecular weight is 450 g/mol. The molecule has 0 bridgehead atoms. The van der Waals surface area contributed by atoms with Crippen LogP contribution in [0.2, 0.25) is 0 Å². The number of imidazole rings is 1. The number of aromatic amines is 1. The molecule has 3 aliphatic carbocycles. The van der Waals surface area contributed by atoms with E-state index in [0.29, 0.717) is 17.2 Å². The Hall–Kier alpha value is -2.13. The highest BCUT2D eigenvalue weighted by Gasteiger charge is 2.47. The van der Waals surface area contributed by atoms with Gasteiger partial charge in [0.15, 0.2) is 0 Å². The molecular weight excluding hydrogens is 419 g/mol. The van der Waals surface area contributed by atoms with Crippen molar-refractivity contribution in [2.24, 2.45) is 11.8 Å². The molecule has 2 aromatic heterocycles. The summed E-state index contributed by atoms with van der Waals surface area (Å²) in [6, 6.07) is 1.91. The van der Waals surface area contributed by atoms with Crippen LogP contribution in [-0.2, 0) is 10.9 Å². The summed E-state index contributed by atoms with van der Waals surface area (Å²) in [4.78, 5) is 13.5. The average Bonchev–Trinajstić information content (AvgIpc) is 3.68. The maximum absolute atomic E-state index is 12.7. The van der Waals surface area contributed by atoms with Gasteiger partial charge in [0.25, 0.3) is 0 Å². The Bertz CT molecular complexity index is 924. The largest absolute Gasteiger partial charge is 0.419 e. The van der Waals surface area contributed by atoms with Crippen molar-refractivity contribution >= 4 is 5.82 Å². The third-order valence-corrected chi connectivity index (χ3v) is 7.09. The number of H-pyrrole nitrogens is 1. The Morgan fingerprint density at radius 1 is 1.03 bits per heavy atom. The van der Waals surface area contributed by atoms with E-state index < -0.39 is 17.6 Å². The second-order valence-electron chi connectivity index (χ2n) is 9.49. The van der Waals surface area contributed by atoms with Gasteiger partial charge in [0, 0.05) is 43.4 Å². The third-order valence-electron chi connectivity index (χ3n) is 7.09. The molecule has 1 aliphatic heterocycles. The van der Waals surface area contributed by atoms with E-state index in [1.807, 2.05) is 0 Å². The number of pyridine rings is 1. The zero-order valence-electron chi connectivity index (χ0n) is 18.1. The highest BCUT2D eigenvalue weighted by Crippen LogP contribution is 2.53. The van der Waals surface area contributed by atoms with Crippen molar-refractivity contribution in [1.29, 1.82) is 0 Å². The van der Waals surface area contributed by atoms with Crippen LogP contribution in [0.1, 0.15) is 55.8 Å². The number of hydrogen-bond donors (Lipinski definition) is 2. The fourth-order valence-corrected chi connectivity index (χ4v) is 5.01. The van der Waals surface area contributed by atoms with E-state index in [1.165, 1.54) is 44.7 Å². The van der Waals surface area contributed by atoms with Crippen LogP contribution in [0.4, 0.5) is 19.0 Å². The van der Waals surface area contributed by atoms with Crippen molar-refractivity contribution in [3.8, 4) is 11.3 Å². The highest BCUT2D eigenvalue weighted by molar-refractivity contribution is 5.62. The first kappa shape index (κ1) is 21.7. The molecule has 2 aromatic rings. The van der Waals surface area contributed by atoms with Crippen LogP contribution in [0, 0.1) is 11.8 Å². The van der Waals surface area contributed by atoms with E-state index in [1.54, 1.807) is 6.42 Å². The molecule has 0 amide bonds. The molecule has 3 saturated carbocycles. The normalized spacial score (nSPS) is 27.9. The van der Waals surface area contributed by atoms with Crippen LogP contribution >= 0.6 is 0 Å². The van der Waals surface area contributed by atoms with Gasteiger partial charge in [0.1, 0.15) is 11.6 Å². The van der Waals surface area contributed by atoms with Gasteiger partial charge in [-0.25, -0.2) is 9.97 Å². The van der Waals surface area contributed by atoms with E-state index in [2.05, 4.69) is 19.9 Å². The zero-order chi connectivity index (χ0) is 22.3. The van der Waals surface area contributed by atoms with Gasteiger partial charge in [0.05, 0.1) is 24.1 Å². The molecule has 1 saturated heterocycles. The quantitative estimate of drug-likeness (QED) is 0.723. The predicted molar refractivity (Wildman–Crippen MR) is 115 cm³/mol. The standard InChI is InChI=1S/C12H11F3N4.C11H19NO/c13-12(14,15)8-3-7(4-17-10(8)16)9-5-18-11(19-9)6-1-2-6;1-2-12(3-5-13-4-1)11-7-9-6-10(9)8-11/h3-6H,1-2H2,(H2,16,17)(H,18,19);9-11H,1-8H2. The minimum absolute atomic E-state index is 0.334. The first-order valence-electron chi connectivity index (χ1n) is 11.6. The number of hydrogen-bond acceptors (Lipinski definition) is 5. The number of alkyl halides is 3. The third kappa shape index (κ3) is 4.93. The summed E-state index contributed by atoms with van der Waals surface area (Å²) in [5, 5.41) is 0. The number of fused-ring (bicyclic) bond motifs is 1. The molecule has 2 atom stereocenters. The van der Waals surface area contributed by atoms with Crippen molar-refractivity contribution in [3.05, 3.63) is 29.8 Å². The lowest BCUT2D eigenvalue weighted by atomic mass is 10.1. The van der Waals surface area contributed by atoms with Gasteiger partial charge in [-0.05, 0) is 56.4 Å². The van der Waals surface area contributed by atoms with Crippen molar-refractivity contribution in [3.63, 3.8) is 0 Å². The van der Waals surface area contributed by atoms with Crippen LogP contribution in [0.3, 0.4) is 0 Å². The minimum Gasteiger partial charge on any atom is -0.383 e. The van der Waals surface area contributed by atoms with E-state index in [0.717, 1.165) is 55.8 Å². The Morgan fingerprint density at radius 3 is 2.53 bits per heavy atom. The monoisotopic (exact) mass is 449 g/mol. The molecule has 3 heterocycles. The molecule has 9 heteroatoms. The van der Waals surface area contributed by atoms with Gasteiger partial charge in [-0.15, -0.1) is 0 Å². The van der Waals surface area contributed by atoms with Gasteiger partial charge in [0.2, 0.25) is 0 Å². The molecule has 2 unspecified atom stereocenters. The van der Waals surface area contributed by atoms with Crippen LogP contribution in [-0.4, -0.2) is 52.2 Å². The van der Waals surface area contributed by atoms with Gasteiger partial charge in [-0.1, -0.05) is 0 Å². The van der Waals surface area contributed by atoms with E-state index >= 15 is 0 Å². The van der Waals surface area contributed by atoms with Crippen molar-refractivity contribution in [2.75, 3.05) is 32.0 Å². The SMILES string of the molecule is C1COCCN(C2CC3CC3C2)C1.Nc1ncc(-c2cnc(C3CC3)[nH]2)cc1C(F)(F)F. The molecule has 174 valence electrons. The molecule has 0 radical (unpaired) electrons. The van der Waals surface area contributed by atoms with Crippen molar-refractivity contribution in [1.82, 2.24) is 19.9 Å². The van der Waals surface area contributed by atoms with Gasteiger partial charge in [-0.3, -0.25) is 4.90 Å². The molecular formula is C23H30F3N5O. The van der Waals surface area contributed by atoms with Crippen LogP contribution in [0.5, 0.6) is 0 Å². The van der Waals surface area contributed by atoms with Gasteiger partial charge < -0.3 is 15.5 Å². The first-order valence-corrected chi connectivity index (χ1v) is 11.6. The minimum atomic E-state index is -4.51. The molecule has 0 spiro atoms. The topological polar surface area (TPSA) is 80.1 Å². The van der Waals surface area contributed by atoms with Crippen LogP contribution in [0.15, 0.2) is 18.5 Å². The molecule has 6 rings (SSSR count). The number of nitrogen functional groups attached to an aromatic ring is 1. The molecule has 3 N–H and O–H groups in total. The van der Waals surface area contributed by atoms with E-state index in [9.17, 15) is 13.2 Å². The maximum Gasteiger partial charge on any atom is 0.419 e. The second kappa shape index (κ2) is 8.67. The van der Waals surface area contributed by atoms with Crippen molar-refractivity contribution < 1.29 is 17.9 Å². The zero-order valence-corrected chi connectivity index (χ0v) is 18.1. The smallest absolute Gasteiger partial charge is 0.383 e. The van der Waals surface area contributed by atoms with Crippen LogP contribution in [0.25, 0.3) is 11.3 Å². The maximum atomic E-state index is 12.7. The lowest BCUT2D eigenvalue weighted by Gasteiger charge is -2.27.